The number of nitrogens with zero attached hydrogens (tertiary/aromatic N) is 3. The predicted octanol–water partition coefficient (Wildman–Crippen LogP) is 3.92. The summed E-state index contributed by atoms with van der Waals surface area (Å²) < 4.78 is 78.5. The van der Waals surface area contributed by atoms with E-state index in [0.29, 0.717) is 11.3 Å². The third-order valence-electron chi connectivity index (χ3n) is 3.44. The number of aromatic nitrogens is 3. The lowest BCUT2D eigenvalue weighted by Gasteiger charge is -2.08. The first-order valence-corrected chi connectivity index (χ1v) is 9.85. The number of rotatable bonds is 4. The molecular weight excluding hydrogens is 394 g/mol. The standard InChI is InChI=1S/C15H11F4N3O2S2/c1-7-20-13(6-25-7)22-12(5-11(21-22)15(18)19)8-3-9(16)14(10(17)4-8)26(2,23)24/h3-6,15H,1-2H3. The maximum Gasteiger partial charge on any atom is 0.282 e. The van der Waals surface area contributed by atoms with Crippen LogP contribution in [0.1, 0.15) is 17.1 Å². The van der Waals surface area contributed by atoms with Crippen molar-refractivity contribution in [1.29, 1.82) is 0 Å². The largest absolute Gasteiger partial charge is 0.282 e. The molecule has 2 aromatic heterocycles. The van der Waals surface area contributed by atoms with Gasteiger partial charge in [0.2, 0.25) is 0 Å². The Labute approximate surface area is 149 Å². The molecule has 138 valence electrons. The minimum absolute atomic E-state index is 0.0385. The van der Waals surface area contributed by atoms with E-state index >= 15 is 0 Å². The van der Waals surface area contributed by atoms with Gasteiger partial charge in [0, 0.05) is 17.2 Å². The van der Waals surface area contributed by atoms with Crippen molar-refractivity contribution in [3.8, 4) is 17.1 Å². The van der Waals surface area contributed by atoms with E-state index in [-0.39, 0.29) is 17.1 Å². The molecule has 0 radical (unpaired) electrons. The van der Waals surface area contributed by atoms with Crippen molar-refractivity contribution in [1.82, 2.24) is 14.8 Å². The lowest BCUT2D eigenvalue weighted by molar-refractivity contribution is 0.145. The quantitative estimate of drug-likeness (QED) is 0.617. The number of hydrogen-bond acceptors (Lipinski definition) is 5. The van der Waals surface area contributed by atoms with Gasteiger partial charge in [-0.1, -0.05) is 0 Å². The Morgan fingerprint density at radius 2 is 1.77 bits per heavy atom. The van der Waals surface area contributed by atoms with Gasteiger partial charge in [0.25, 0.3) is 6.43 Å². The summed E-state index contributed by atoms with van der Waals surface area (Å²) in [6, 6.07) is 2.51. The zero-order chi connectivity index (χ0) is 19.2. The number of benzene rings is 1. The monoisotopic (exact) mass is 405 g/mol. The first-order valence-electron chi connectivity index (χ1n) is 7.08. The van der Waals surface area contributed by atoms with E-state index in [4.69, 9.17) is 0 Å². The molecule has 0 aliphatic heterocycles. The Bertz CT molecular complexity index is 1070. The van der Waals surface area contributed by atoms with Crippen molar-refractivity contribution >= 4 is 21.2 Å². The van der Waals surface area contributed by atoms with Gasteiger partial charge in [-0.3, -0.25) is 0 Å². The van der Waals surface area contributed by atoms with Crippen LogP contribution in [-0.2, 0) is 9.84 Å². The van der Waals surface area contributed by atoms with Gasteiger partial charge in [-0.2, -0.15) is 5.10 Å². The van der Waals surface area contributed by atoms with E-state index in [9.17, 15) is 26.0 Å². The zero-order valence-electron chi connectivity index (χ0n) is 13.4. The lowest BCUT2D eigenvalue weighted by Crippen LogP contribution is -2.06. The first kappa shape index (κ1) is 18.5. The van der Waals surface area contributed by atoms with E-state index in [0.717, 1.165) is 22.9 Å². The fraction of sp³-hybridized carbons (Fsp3) is 0.200. The summed E-state index contributed by atoms with van der Waals surface area (Å²) in [4.78, 5) is 3.05. The Kier molecular flexibility index (Phi) is 4.61. The van der Waals surface area contributed by atoms with Crippen molar-refractivity contribution in [2.75, 3.05) is 6.26 Å². The minimum Gasteiger partial charge on any atom is -0.224 e. The number of thiazole rings is 1. The molecule has 0 N–H and O–H groups in total. The highest BCUT2D eigenvalue weighted by atomic mass is 32.2. The Morgan fingerprint density at radius 3 is 2.23 bits per heavy atom. The van der Waals surface area contributed by atoms with Gasteiger partial charge in [-0.25, -0.2) is 35.6 Å². The fourth-order valence-electron chi connectivity index (χ4n) is 2.40. The molecule has 3 rings (SSSR count). The Hall–Kier alpha value is -2.27. The Balaban J connectivity index is 2.24. The normalized spacial score (nSPS) is 12.1. The van der Waals surface area contributed by atoms with E-state index in [1.807, 2.05) is 0 Å². The molecule has 0 aliphatic rings. The second kappa shape index (κ2) is 6.47. The highest BCUT2D eigenvalue weighted by Gasteiger charge is 2.24. The first-order chi connectivity index (χ1) is 12.1. The molecule has 1 aromatic carbocycles. The topological polar surface area (TPSA) is 64.8 Å². The fourth-order valence-corrected chi connectivity index (χ4v) is 3.80. The van der Waals surface area contributed by atoms with Gasteiger partial charge < -0.3 is 0 Å². The van der Waals surface area contributed by atoms with Crippen LogP contribution in [0, 0.1) is 18.6 Å². The average Bonchev–Trinajstić information content (AvgIpc) is 3.10. The van der Waals surface area contributed by atoms with Crippen molar-refractivity contribution in [3.05, 3.63) is 45.9 Å². The summed E-state index contributed by atoms with van der Waals surface area (Å²) in [6.07, 6.45) is -2.23. The number of hydrogen-bond donors (Lipinski definition) is 0. The molecule has 0 bridgehead atoms. The molecule has 0 amide bonds. The van der Waals surface area contributed by atoms with Gasteiger partial charge in [0.05, 0.1) is 10.7 Å². The minimum atomic E-state index is -4.13. The van der Waals surface area contributed by atoms with Gasteiger partial charge in [0.15, 0.2) is 15.7 Å². The van der Waals surface area contributed by atoms with Crippen molar-refractivity contribution in [2.45, 2.75) is 18.2 Å². The summed E-state index contributed by atoms with van der Waals surface area (Å²) in [5.41, 5.74) is -0.778. The molecule has 0 fully saturated rings. The highest BCUT2D eigenvalue weighted by molar-refractivity contribution is 7.90. The predicted molar refractivity (Wildman–Crippen MR) is 87.4 cm³/mol. The summed E-state index contributed by atoms with van der Waals surface area (Å²) in [5.74, 6) is -2.42. The zero-order valence-corrected chi connectivity index (χ0v) is 15.0. The van der Waals surface area contributed by atoms with Crippen LogP contribution in [0.15, 0.2) is 28.5 Å². The molecule has 0 saturated heterocycles. The summed E-state index contributed by atoms with van der Waals surface area (Å²) in [5, 5.41) is 5.95. The number of halogens is 4. The maximum atomic E-state index is 14.2. The molecular formula is C15H11F4N3O2S2. The van der Waals surface area contributed by atoms with E-state index in [1.54, 1.807) is 12.3 Å². The van der Waals surface area contributed by atoms with Crippen LogP contribution in [-0.4, -0.2) is 29.4 Å². The van der Waals surface area contributed by atoms with E-state index in [2.05, 4.69) is 10.1 Å². The van der Waals surface area contributed by atoms with Crippen LogP contribution in [0.5, 0.6) is 0 Å². The van der Waals surface area contributed by atoms with Gasteiger partial charge in [-0.15, -0.1) is 11.3 Å². The number of sulfone groups is 1. The number of aryl methyl sites for hydroxylation is 1. The lowest BCUT2D eigenvalue weighted by atomic mass is 10.1. The van der Waals surface area contributed by atoms with Crippen LogP contribution in [0.2, 0.25) is 0 Å². The van der Waals surface area contributed by atoms with Crippen molar-refractivity contribution in [2.24, 2.45) is 0 Å². The molecule has 0 unspecified atom stereocenters. The second-order valence-corrected chi connectivity index (χ2v) is 8.45. The highest BCUT2D eigenvalue weighted by Crippen LogP contribution is 2.31. The molecule has 2 heterocycles. The van der Waals surface area contributed by atoms with E-state index in [1.165, 1.54) is 11.3 Å². The maximum absolute atomic E-state index is 14.2. The van der Waals surface area contributed by atoms with Crippen molar-refractivity contribution in [3.63, 3.8) is 0 Å². The Morgan fingerprint density at radius 1 is 1.15 bits per heavy atom. The average molecular weight is 405 g/mol. The SMILES string of the molecule is Cc1nc(-n2nc(C(F)F)cc2-c2cc(F)c(S(C)(=O)=O)c(F)c2)cs1. The molecule has 0 spiro atoms. The third kappa shape index (κ3) is 3.36. The van der Waals surface area contributed by atoms with Crippen LogP contribution in [0.25, 0.3) is 17.1 Å². The van der Waals surface area contributed by atoms with Gasteiger partial charge in [0.1, 0.15) is 22.2 Å². The van der Waals surface area contributed by atoms with Crippen LogP contribution < -0.4 is 0 Å². The molecule has 0 atom stereocenters. The van der Waals surface area contributed by atoms with E-state index < -0.39 is 38.5 Å². The number of alkyl halides is 2. The van der Waals surface area contributed by atoms with Crippen LogP contribution in [0.3, 0.4) is 0 Å². The smallest absolute Gasteiger partial charge is 0.224 e. The molecule has 11 heteroatoms. The molecule has 5 nitrogen and oxygen atoms in total. The summed E-state index contributed by atoms with van der Waals surface area (Å²) in [7, 11) is -4.13. The molecule has 26 heavy (non-hydrogen) atoms. The molecule has 3 aromatic rings. The summed E-state index contributed by atoms with van der Waals surface area (Å²) >= 11 is 1.25. The second-order valence-electron chi connectivity index (χ2n) is 5.43. The van der Waals surface area contributed by atoms with Crippen molar-refractivity contribution < 1.29 is 26.0 Å². The third-order valence-corrected chi connectivity index (χ3v) is 5.33. The van der Waals surface area contributed by atoms with Gasteiger partial charge >= 0.3 is 0 Å². The van der Waals surface area contributed by atoms with Crippen LogP contribution in [0.4, 0.5) is 17.6 Å². The van der Waals surface area contributed by atoms with Crippen LogP contribution >= 0.6 is 11.3 Å². The molecule has 0 aliphatic carbocycles. The summed E-state index contributed by atoms with van der Waals surface area (Å²) in [6.45, 7) is 1.70. The molecule has 0 saturated carbocycles. The van der Waals surface area contributed by atoms with Gasteiger partial charge in [-0.05, 0) is 25.1 Å².